The molecule has 1 aliphatic carbocycles. The molecule has 0 radical (unpaired) electrons. The zero-order chi connectivity index (χ0) is 36.9. The van der Waals surface area contributed by atoms with E-state index in [1.165, 1.54) is 61.1 Å². The van der Waals surface area contributed by atoms with Crippen molar-refractivity contribution >= 4 is 28.0 Å². The largest absolute Gasteiger partial charge is 0.310 e. The standard InChI is InChI=1S/C53H40N2/c1-53(2)48-24-14-12-22-45(48)46-35-34-44(36-49(46)53)54(42-30-26-38(27-31-42)37-16-6-3-7-17-37)43-32-28-40(29-33-43)52-51(39-18-8-4-9-19-39)47-23-13-15-25-50(47)55(52)41-20-10-5-11-21-41/h3-36H,1-2H3. The maximum atomic E-state index is 2.42. The normalized spacial score (nSPS) is 12.7. The first-order valence-corrected chi connectivity index (χ1v) is 19.1. The maximum absolute atomic E-state index is 2.42. The van der Waals surface area contributed by atoms with Crippen molar-refractivity contribution in [3.63, 3.8) is 0 Å². The van der Waals surface area contributed by atoms with E-state index in [0.29, 0.717) is 0 Å². The molecule has 0 bridgehead atoms. The molecule has 0 spiro atoms. The van der Waals surface area contributed by atoms with E-state index in [1.54, 1.807) is 0 Å². The highest BCUT2D eigenvalue weighted by molar-refractivity contribution is 6.06. The monoisotopic (exact) mass is 704 g/mol. The van der Waals surface area contributed by atoms with Gasteiger partial charge in [0.05, 0.1) is 11.2 Å². The molecule has 1 aliphatic rings. The Balaban J connectivity index is 1.14. The summed E-state index contributed by atoms with van der Waals surface area (Å²) in [7, 11) is 0. The second-order valence-corrected chi connectivity index (χ2v) is 15.0. The van der Waals surface area contributed by atoms with E-state index in [0.717, 1.165) is 28.3 Å². The van der Waals surface area contributed by atoms with Gasteiger partial charge in [0, 0.05) is 39.1 Å². The van der Waals surface area contributed by atoms with E-state index in [1.807, 2.05) is 0 Å². The van der Waals surface area contributed by atoms with Crippen molar-refractivity contribution in [1.29, 1.82) is 0 Å². The first kappa shape index (κ1) is 32.7. The Morgan fingerprint density at radius 1 is 0.400 bits per heavy atom. The molecule has 8 aromatic carbocycles. The third-order valence-electron chi connectivity index (χ3n) is 11.4. The lowest BCUT2D eigenvalue weighted by Gasteiger charge is -2.28. The quantitative estimate of drug-likeness (QED) is 0.160. The lowest BCUT2D eigenvalue weighted by molar-refractivity contribution is 0.660. The number of aromatic nitrogens is 1. The minimum atomic E-state index is -0.104. The van der Waals surface area contributed by atoms with E-state index in [4.69, 9.17) is 0 Å². The van der Waals surface area contributed by atoms with Gasteiger partial charge in [-0.25, -0.2) is 0 Å². The van der Waals surface area contributed by atoms with Crippen molar-refractivity contribution in [3.8, 4) is 50.3 Å². The molecule has 55 heavy (non-hydrogen) atoms. The zero-order valence-corrected chi connectivity index (χ0v) is 31.0. The highest BCUT2D eigenvalue weighted by Crippen LogP contribution is 2.51. The second kappa shape index (κ2) is 13.2. The van der Waals surface area contributed by atoms with Gasteiger partial charge in [-0.3, -0.25) is 0 Å². The molecule has 0 aliphatic heterocycles. The molecule has 0 atom stereocenters. The Morgan fingerprint density at radius 2 is 0.909 bits per heavy atom. The number of hydrogen-bond donors (Lipinski definition) is 0. The van der Waals surface area contributed by atoms with Crippen LogP contribution in [0.5, 0.6) is 0 Å². The first-order chi connectivity index (χ1) is 27.1. The van der Waals surface area contributed by atoms with Gasteiger partial charge in [-0.2, -0.15) is 0 Å². The van der Waals surface area contributed by atoms with Gasteiger partial charge in [0.2, 0.25) is 0 Å². The average Bonchev–Trinajstić information content (AvgIpc) is 3.71. The molecule has 0 fully saturated rings. The summed E-state index contributed by atoms with van der Waals surface area (Å²) in [6.07, 6.45) is 0. The highest BCUT2D eigenvalue weighted by Gasteiger charge is 2.35. The van der Waals surface area contributed by atoms with Crippen LogP contribution in [-0.4, -0.2) is 4.57 Å². The van der Waals surface area contributed by atoms with Crippen LogP contribution in [0.1, 0.15) is 25.0 Å². The van der Waals surface area contributed by atoms with Crippen LogP contribution < -0.4 is 4.90 Å². The van der Waals surface area contributed by atoms with Crippen molar-refractivity contribution in [2.75, 3.05) is 4.90 Å². The van der Waals surface area contributed by atoms with Gasteiger partial charge in [0.25, 0.3) is 0 Å². The number of anilines is 3. The summed E-state index contributed by atoms with van der Waals surface area (Å²) in [6.45, 7) is 4.71. The van der Waals surface area contributed by atoms with Crippen molar-refractivity contribution in [1.82, 2.24) is 4.57 Å². The molecular formula is C53H40N2. The topological polar surface area (TPSA) is 8.17 Å². The molecule has 1 aromatic heterocycles. The van der Waals surface area contributed by atoms with E-state index < -0.39 is 0 Å². The van der Waals surface area contributed by atoms with Gasteiger partial charge < -0.3 is 9.47 Å². The summed E-state index contributed by atoms with van der Waals surface area (Å²) in [5, 5.41) is 1.23. The highest BCUT2D eigenvalue weighted by atomic mass is 15.1. The number of benzene rings is 8. The third kappa shape index (κ3) is 5.49. The fourth-order valence-electron chi connectivity index (χ4n) is 8.74. The summed E-state index contributed by atoms with van der Waals surface area (Å²) in [5.74, 6) is 0. The van der Waals surface area contributed by atoms with Gasteiger partial charge >= 0.3 is 0 Å². The summed E-state index contributed by atoms with van der Waals surface area (Å²) in [5.41, 5.74) is 18.2. The number of rotatable bonds is 7. The average molecular weight is 705 g/mol. The zero-order valence-electron chi connectivity index (χ0n) is 31.0. The Bertz CT molecular complexity index is 2720. The van der Waals surface area contributed by atoms with Crippen LogP contribution in [0, 0.1) is 0 Å². The lowest BCUT2D eigenvalue weighted by atomic mass is 9.82. The van der Waals surface area contributed by atoms with Crippen LogP contribution in [0.25, 0.3) is 61.2 Å². The molecule has 2 nitrogen and oxygen atoms in total. The smallest absolute Gasteiger partial charge is 0.0619 e. The van der Waals surface area contributed by atoms with Gasteiger partial charge in [0.1, 0.15) is 0 Å². The molecule has 9 aromatic rings. The maximum Gasteiger partial charge on any atom is 0.0619 e. The van der Waals surface area contributed by atoms with Gasteiger partial charge in [-0.05, 0) is 99.1 Å². The molecule has 0 saturated heterocycles. The van der Waals surface area contributed by atoms with Crippen molar-refractivity contribution < 1.29 is 0 Å². The van der Waals surface area contributed by atoms with Crippen LogP contribution in [0.15, 0.2) is 206 Å². The first-order valence-electron chi connectivity index (χ1n) is 19.1. The molecule has 0 N–H and O–H groups in total. The van der Waals surface area contributed by atoms with E-state index in [-0.39, 0.29) is 5.41 Å². The number of hydrogen-bond acceptors (Lipinski definition) is 1. The fraction of sp³-hybridized carbons (Fsp3) is 0.0566. The van der Waals surface area contributed by atoms with Crippen LogP contribution in [0.3, 0.4) is 0 Å². The molecule has 0 amide bonds. The van der Waals surface area contributed by atoms with Crippen LogP contribution in [0.2, 0.25) is 0 Å². The van der Waals surface area contributed by atoms with Gasteiger partial charge in [0.15, 0.2) is 0 Å². The minimum absolute atomic E-state index is 0.104. The molecular weight excluding hydrogens is 665 g/mol. The Labute approximate surface area is 323 Å². The summed E-state index contributed by atoms with van der Waals surface area (Å²) < 4.78 is 2.42. The SMILES string of the molecule is CC1(C)c2ccccc2-c2ccc(N(c3ccc(-c4ccccc4)cc3)c3ccc(-c4c(-c5ccccc5)c5ccccc5n4-c4ccccc4)cc3)cc21. The molecule has 0 unspecified atom stereocenters. The molecule has 262 valence electrons. The molecule has 2 heteroatoms. The Morgan fingerprint density at radius 3 is 1.60 bits per heavy atom. The van der Waals surface area contributed by atoms with Gasteiger partial charge in [-0.15, -0.1) is 0 Å². The minimum Gasteiger partial charge on any atom is -0.310 e. The molecule has 0 saturated carbocycles. The molecule has 1 heterocycles. The summed E-state index contributed by atoms with van der Waals surface area (Å²) in [4.78, 5) is 2.41. The van der Waals surface area contributed by atoms with Crippen LogP contribution in [-0.2, 0) is 5.41 Å². The number of para-hydroxylation sites is 2. The summed E-state index contributed by atoms with van der Waals surface area (Å²) >= 11 is 0. The predicted octanol–water partition coefficient (Wildman–Crippen LogP) is 14.4. The molecule has 10 rings (SSSR count). The van der Waals surface area contributed by atoms with Crippen molar-refractivity contribution in [2.45, 2.75) is 19.3 Å². The van der Waals surface area contributed by atoms with Gasteiger partial charge in [-0.1, -0.05) is 166 Å². The van der Waals surface area contributed by atoms with Crippen LogP contribution in [0.4, 0.5) is 17.1 Å². The predicted molar refractivity (Wildman–Crippen MR) is 232 cm³/mol. The van der Waals surface area contributed by atoms with Crippen molar-refractivity contribution in [2.24, 2.45) is 0 Å². The van der Waals surface area contributed by atoms with E-state index in [9.17, 15) is 0 Å². The fourth-order valence-corrected chi connectivity index (χ4v) is 8.74. The summed E-state index contributed by atoms with van der Waals surface area (Å²) in [6, 6.07) is 75.0. The third-order valence-corrected chi connectivity index (χ3v) is 11.4. The van der Waals surface area contributed by atoms with Crippen LogP contribution >= 0.6 is 0 Å². The number of fused-ring (bicyclic) bond motifs is 4. The van der Waals surface area contributed by atoms with Crippen molar-refractivity contribution in [3.05, 3.63) is 217 Å². The second-order valence-electron chi connectivity index (χ2n) is 15.0. The Kier molecular flexibility index (Phi) is 7.85. The van der Waals surface area contributed by atoms with E-state index >= 15 is 0 Å². The lowest BCUT2D eigenvalue weighted by Crippen LogP contribution is -2.16. The van der Waals surface area contributed by atoms with E-state index in [2.05, 4.69) is 230 Å². The number of nitrogens with zero attached hydrogens (tertiary/aromatic N) is 2. The Hall–Kier alpha value is -6.90.